The number of hydrogen-bond donors (Lipinski definition) is 1. The van der Waals surface area contributed by atoms with Crippen molar-refractivity contribution in [1.29, 1.82) is 0 Å². The van der Waals surface area contributed by atoms with Gasteiger partial charge in [0, 0.05) is 12.7 Å². The Morgan fingerprint density at radius 1 is 1.22 bits per heavy atom. The molecule has 12 heteroatoms. The van der Waals surface area contributed by atoms with Crippen molar-refractivity contribution in [3.05, 3.63) is 52.3 Å². The molecule has 0 aliphatic heterocycles. The number of hydrogen-bond acceptors (Lipinski definition) is 6. The number of nitro groups is 1. The van der Waals surface area contributed by atoms with E-state index in [1.165, 1.54) is 19.2 Å². The fraction of sp³-hybridized carbons (Fsp3) is 0.200. The SMILES string of the molecule is CN(CC(=O)Nc1ccc(OC(F)(F)F)cc1)C(=O)c1ccc([N+](=O)[O-])o1. The van der Waals surface area contributed by atoms with Gasteiger partial charge in [0.1, 0.15) is 10.7 Å². The van der Waals surface area contributed by atoms with Crippen LogP contribution in [0.1, 0.15) is 10.6 Å². The molecule has 1 N–H and O–H groups in total. The fourth-order valence-corrected chi connectivity index (χ4v) is 1.96. The summed E-state index contributed by atoms with van der Waals surface area (Å²) < 4.78 is 44.7. The molecule has 27 heavy (non-hydrogen) atoms. The molecule has 2 aromatic rings. The molecule has 0 aliphatic rings. The third kappa shape index (κ3) is 5.73. The highest BCUT2D eigenvalue weighted by molar-refractivity contribution is 5.98. The number of carbonyl (C=O) groups excluding carboxylic acids is 2. The minimum atomic E-state index is -4.82. The van der Waals surface area contributed by atoms with Crippen molar-refractivity contribution in [2.75, 3.05) is 18.9 Å². The molecular weight excluding hydrogens is 375 g/mol. The van der Waals surface area contributed by atoms with Gasteiger partial charge in [-0.15, -0.1) is 13.2 Å². The van der Waals surface area contributed by atoms with Crippen molar-refractivity contribution in [2.45, 2.75) is 6.36 Å². The molecule has 9 nitrogen and oxygen atoms in total. The van der Waals surface area contributed by atoms with E-state index in [4.69, 9.17) is 4.42 Å². The fourth-order valence-electron chi connectivity index (χ4n) is 1.96. The Bertz CT molecular complexity index is 847. The maximum Gasteiger partial charge on any atom is 0.573 e. The average molecular weight is 387 g/mol. The Kier molecular flexibility index (Phi) is 5.68. The maximum atomic E-state index is 12.1. The van der Waals surface area contributed by atoms with E-state index in [1.54, 1.807) is 0 Å². The van der Waals surface area contributed by atoms with Crippen LogP contribution >= 0.6 is 0 Å². The average Bonchev–Trinajstić information content (AvgIpc) is 3.04. The lowest BCUT2D eigenvalue weighted by Gasteiger charge is -2.15. The number of nitrogens with zero attached hydrogens (tertiary/aromatic N) is 2. The molecule has 144 valence electrons. The predicted molar refractivity (Wildman–Crippen MR) is 84.1 cm³/mol. The molecule has 0 spiro atoms. The van der Waals surface area contributed by atoms with Crippen molar-refractivity contribution in [1.82, 2.24) is 4.90 Å². The topological polar surface area (TPSA) is 115 Å². The molecule has 2 amide bonds. The molecule has 0 saturated heterocycles. The highest BCUT2D eigenvalue weighted by Crippen LogP contribution is 2.24. The number of furan rings is 1. The van der Waals surface area contributed by atoms with Gasteiger partial charge in [-0.2, -0.15) is 0 Å². The molecule has 1 aromatic carbocycles. The number of likely N-dealkylation sites (N-methyl/N-ethyl adjacent to an activating group) is 1. The van der Waals surface area contributed by atoms with E-state index in [2.05, 4.69) is 10.1 Å². The number of amides is 2. The zero-order valence-corrected chi connectivity index (χ0v) is 13.6. The van der Waals surface area contributed by atoms with Crippen LogP contribution in [0.25, 0.3) is 0 Å². The van der Waals surface area contributed by atoms with Gasteiger partial charge >= 0.3 is 12.2 Å². The van der Waals surface area contributed by atoms with Gasteiger partial charge in [0.25, 0.3) is 5.91 Å². The van der Waals surface area contributed by atoms with Gasteiger partial charge in [0.2, 0.25) is 5.91 Å². The van der Waals surface area contributed by atoms with E-state index < -0.39 is 41.3 Å². The van der Waals surface area contributed by atoms with Crippen LogP contribution in [-0.4, -0.2) is 41.6 Å². The molecule has 0 fully saturated rings. The number of alkyl halides is 3. The summed E-state index contributed by atoms with van der Waals surface area (Å²) in [4.78, 5) is 34.7. The molecule has 0 aliphatic carbocycles. The minimum Gasteiger partial charge on any atom is -0.406 e. The summed E-state index contributed by atoms with van der Waals surface area (Å²) in [7, 11) is 1.27. The van der Waals surface area contributed by atoms with Crippen LogP contribution in [-0.2, 0) is 4.79 Å². The monoisotopic (exact) mass is 387 g/mol. The van der Waals surface area contributed by atoms with Gasteiger partial charge in [0.05, 0.1) is 12.6 Å². The normalized spacial score (nSPS) is 11.0. The van der Waals surface area contributed by atoms with Crippen LogP contribution in [0.3, 0.4) is 0 Å². The first-order chi connectivity index (χ1) is 12.5. The molecular formula is C15H12F3N3O6. The molecule has 0 unspecified atom stereocenters. The van der Waals surface area contributed by atoms with Gasteiger partial charge < -0.3 is 19.4 Å². The van der Waals surface area contributed by atoms with Crippen molar-refractivity contribution >= 4 is 23.4 Å². The summed E-state index contributed by atoms with van der Waals surface area (Å²) in [6.07, 6.45) is -4.82. The molecule has 0 bridgehead atoms. The second-order valence-corrected chi connectivity index (χ2v) is 5.18. The Balaban J connectivity index is 1.92. The van der Waals surface area contributed by atoms with E-state index >= 15 is 0 Å². The number of anilines is 1. The van der Waals surface area contributed by atoms with Gasteiger partial charge in [-0.1, -0.05) is 0 Å². The summed E-state index contributed by atoms with van der Waals surface area (Å²) >= 11 is 0. The summed E-state index contributed by atoms with van der Waals surface area (Å²) in [5.41, 5.74) is 0.184. The first-order valence-corrected chi connectivity index (χ1v) is 7.20. The van der Waals surface area contributed by atoms with E-state index in [0.717, 1.165) is 29.2 Å². The maximum absolute atomic E-state index is 12.1. The van der Waals surface area contributed by atoms with E-state index in [1.807, 2.05) is 0 Å². The third-order valence-electron chi connectivity index (χ3n) is 3.08. The molecule has 0 radical (unpaired) electrons. The van der Waals surface area contributed by atoms with Crippen molar-refractivity contribution in [3.8, 4) is 5.75 Å². The lowest BCUT2D eigenvalue weighted by Crippen LogP contribution is -2.34. The Morgan fingerprint density at radius 3 is 2.37 bits per heavy atom. The van der Waals surface area contributed by atoms with Crippen LogP contribution in [0.4, 0.5) is 24.7 Å². The first-order valence-electron chi connectivity index (χ1n) is 7.20. The first kappa shape index (κ1) is 19.8. The summed E-state index contributed by atoms with van der Waals surface area (Å²) in [5.74, 6) is -2.78. The second-order valence-electron chi connectivity index (χ2n) is 5.18. The van der Waals surface area contributed by atoms with Crippen molar-refractivity contribution in [2.24, 2.45) is 0 Å². The largest absolute Gasteiger partial charge is 0.573 e. The van der Waals surface area contributed by atoms with E-state index in [-0.39, 0.29) is 11.4 Å². The van der Waals surface area contributed by atoms with Crippen LogP contribution in [0.5, 0.6) is 5.75 Å². The van der Waals surface area contributed by atoms with Gasteiger partial charge in [0.15, 0.2) is 5.76 Å². The number of benzene rings is 1. The highest BCUT2D eigenvalue weighted by Gasteiger charge is 2.31. The molecule has 0 atom stereocenters. The lowest BCUT2D eigenvalue weighted by molar-refractivity contribution is -0.402. The molecule has 2 rings (SSSR count). The molecule has 0 saturated carbocycles. The minimum absolute atomic E-state index is 0.184. The van der Waals surface area contributed by atoms with Gasteiger partial charge in [-0.25, -0.2) is 0 Å². The van der Waals surface area contributed by atoms with Crippen LogP contribution < -0.4 is 10.1 Å². The van der Waals surface area contributed by atoms with Crippen molar-refractivity contribution < 1.29 is 36.8 Å². The highest BCUT2D eigenvalue weighted by atomic mass is 19.4. The van der Waals surface area contributed by atoms with Crippen LogP contribution in [0.2, 0.25) is 0 Å². The number of halogens is 3. The van der Waals surface area contributed by atoms with E-state index in [9.17, 15) is 32.9 Å². The quantitative estimate of drug-likeness (QED) is 0.602. The number of ether oxygens (including phenoxy) is 1. The third-order valence-corrected chi connectivity index (χ3v) is 3.08. The number of rotatable bonds is 6. The van der Waals surface area contributed by atoms with Gasteiger partial charge in [-0.05, 0) is 30.3 Å². The predicted octanol–water partition coefficient (Wildman–Crippen LogP) is 2.80. The Hall–Kier alpha value is -3.57. The summed E-state index contributed by atoms with van der Waals surface area (Å²) in [6, 6.07) is 6.52. The lowest BCUT2D eigenvalue weighted by atomic mass is 10.3. The second kappa shape index (κ2) is 7.76. The molecule has 1 heterocycles. The Morgan fingerprint density at radius 2 is 1.85 bits per heavy atom. The zero-order valence-electron chi connectivity index (χ0n) is 13.6. The van der Waals surface area contributed by atoms with Crippen LogP contribution in [0, 0.1) is 10.1 Å². The van der Waals surface area contributed by atoms with Gasteiger partial charge in [-0.3, -0.25) is 19.7 Å². The van der Waals surface area contributed by atoms with Crippen LogP contribution in [0.15, 0.2) is 40.8 Å². The van der Waals surface area contributed by atoms with E-state index in [0.29, 0.717) is 0 Å². The summed E-state index contributed by atoms with van der Waals surface area (Å²) in [5, 5.41) is 12.9. The van der Waals surface area contributed by atoms with Crippen molar-refractivity contribution in [3.63, 3.8) is 0 Å². The zero-order chi connectivity index (χ0) is 20.2. The Labute approximate surface area is 149 Å². The number of carbonyl (C=O) groups is 2. The smallest absolute Gasteiger partial charge is 0.406 e. The molecule has 1 aromatic heterocycles. The number of nitrogens with one attached hydrogen (secondary N) is 1. The standard InChI is InChI=1S/C15H12F3N3O6/c1-20(14(23)11-6-7-13(26-11)21(24)25)8-12(22)19-9-2-4-10(5-3-9)27-15(16,17)18/h2-7H,8H2,1H3,(H,19,22). The summed E-state index contributed by atoms with van der Waals surface area (Å²) in [6.45, 7) is -0.422.